The van der Waals surface area contributed by atoms with Crippen LogP contribution in [0.15, 0.2) is 35.5 Å². The van der Waals surface area contributed by atoms with Gasteiger partial charge < -0.3 is 9.47 Å². The van der Waals surface area contributed by atoms with Gasteiger partial charge in [0.05, 0.1) is 0 Å². The van der Waals surface area contributed by atoms with E-state index >= 15 is 0 Å². The molecule has 26 heavy (non-hydrogen) atoms. The molecule has 2 atom stereocenters. The molecule has 0 N–H and O–H groups in total. The van der Waals surface area contributed by atoms with Gasteiger partial charge in [-0.2, -0.15) is 0 Å². The maximum absolute atomic E-state index is 12.0. The van der Waals surface area contributed by atoms with Gasteiger partial charge in [0.25, 0.3) is 0 Å². The fourth-order valence-electron chi connectivity index (χ4n) is 3.38. The van der Waals surface area contributed by atoms with Crippen molar-refractivity contribution in [3.63, 3.8) is 0 Å². The first kappa shape index (κ1) is 19.8. The van der Waals surface area contributed by atoms with E-state index in [4.69, 9.17) is 9.47 Å². The first-order valence-electron chi connectivity index (χ1n) is 9.06. The van der Waals surface area contributed by atoms with Gasteiger partial charge in [-0.3, -0.25) is 0 Å². The molecule has 0 aromatic carbocycles. The van der Waals surface area contributed by atoms with Crippen molar-refractivity contribution in [1.82, 2.24) is 0 Å². The van der Waals surface area contributed by atoms with E-state index in [1.54, 1.807) is 12.2 Å². The molecule has 0 aromatic heterocycles. The van der Waals surface area contributed by atoms with Crippen molar-refractivity contribution in [2.24, 2.45) is 11.8 Å². The Kier molecular flexibility index (Phi) is 7.06. The predicted octanol–water partition coefficient (Wildman–Crippen LogP) is 3.18. The highest BCUT2D eigenvalue weighted by molar-refractivity contribution is 6.04. The number of allylic oxidation sites excluding steroid dienone is 2. The van der Waals surface area contributed by atoms with Gasteiger partial charge in [-0.25, -0.2) is 19.2 Å². The molecule has 2 unspecified atom stereocenters. The van der Waals surface area contributed by atoms with Gasteiger partial charge in [-0.1, -0.05) is 26.0 Å². The minimum Gasteiger partial charge on any atom is -0.386 e. The third-order valence-electron chi connectivity index (χ3n) is 4.84. The zero-order valence-corrected chi connectivity index (χ0v) is 15.2. The molecule has 2 aliphatic carbocycles. The first-order chi connectivity index (χ1) is 12.5. The highest BCUT2D eigenvalue weighted by Gasteiger charge is 2.27. The van der Waals surface area contributed by atoms with Gasteiger partial charge in [0.1, 0.15) is 0 Å². The van der Waals surface area contributed by atoms with E-state index in [-0.39, 0.29) is 11.8 Å². The summed E-state index contributed by atoms with van der Waals surface area (Å²) in [7, 11) is 0. The molecule has 0 saturated heterocycles. The molecule has 6 heteroatoms. The van der Waals surface area contributed by atoms with Crippen LogP contribution in [0.25, 0.3) is 0 Å². The summed E-state index contributed by atoms with van der Waals surface area (Å²) < 4.78 is 9.44. The van der Waals surface area contributed by atoms with Crippen molar-refractivity contribution in [3.05, 3.63) is 35.5 Å². The average Bonchev–Trinajstić information content (AvgIpc) is 3.28. The van der Waals surface area contributed by atoms with Crippen LogP contribution in [0.1, 0.15) is 52.4 Å². The maximum Gasteiger partial charge on any atom is 0.341 e. The molecular formula is C20H24O6. The molecule has 0 saturated carbocycles. The third kappa shape index (κ3) is 5.00. The average molecular weight is 360 g/mol. The molecule has 0 spiro atoms. The number of rotatable bonds is 6. The normalized spacial score (nSPS) is 22.1. The number of hydrogen-bond donors (Lipinski definition) is 0. The monoisotopic (exact) mass is 360 g/mol. The van der Waals surface area contributed by atoms with Gasteiger partial charge in [0.2, 0.25) is 0 Å². The molecule has 6 nitrogen and oxygen atoms in total. The molecule has 0 aliphatic heterocycles. The molecule has 0 radical (unpaired) electrons. The standard InChI is InChI=1S/C20H24O6/c1-3-13-7-5-9-15(13)19(23)25-17(21)11-12-18(22)26-20(24)16-10-6-8-14(16)4-2/h9-14H,3-8H2,1-2H3/b12-11-. The van der Waals surface area contributed by atoms with Crippen LogP contribution in [0.3, 0.4) is 0 Å². The predicted molar refractivity (Wildman–Crippen MR) is 93.5 cm³/mol. The largest absolute Gasteiger partial charge is 0.386 e. The lowest BCUT2D eigenvalue weighted by atomic mass is 9.99. The molecule has 2 aliphatic rings. The number of hydrogen-bond acceptors (Lipinski definition) is 6. The molecule has 0 amide bonds. The second-order valence-corrected chi connectivity index (χ2v) is 6.43. The Hall–Kier alpha value is -2.50. The van der Waals surface area contributed by atoms with Crippen molar-refractivity contribution in [3.8, 4) is 0 Å². The van der Waals surface area contributed by atoms with Crippen molar-refractivity contribution < 1.29 is 28.7 Å². The van der Waals surface area contributed by atoms with Crippen LogP contribution in [-0.2, 0) is 28.7 Å². The fourth-order valence-corrected chi connectivity index (χ4v) is 3.38. The lowest BCUT2D eigenvalue weighted by Crippen LogP contribution is -2.17. The van der Waals surface area contributed by atoms with Crippen LogP contribution in [0.5, 0.6) is 0 Å². The summed E-state index contributed by atoms with van der Waals surface area (Å²) in [4.78, 5) is 47.3. The Morgan fingerprint density at radius 1 is 0.846 bits per heavy atom. The SMILES string of the molecule is CCC1CCC=C1C(=O)OC(=O)/C=C\C(=O)OC(=O)C1=CCCC1CC. The van der Waals surface area contributed by atoms with E-state index in [0.29, 0.717) is 11.1 Å². The Labute approximate surface area is 152 Å². The van der Waals surface area contributed by atoms with E-state index in [1.165, 1.54) is 0 Å². The van der Waals surface area contributed by atoms with E-state index in [0.717, 1.165) is 50.7 Å². The molecule has 140 valence electrons. The summed E-state index contributed by atoms with van der Waals surface area (Å²) in [5.74, 6) is -3.09. The Morgan fingerprint density at radius 3 is 1.58 bits per heavy atom. The maximum atomic E-state index is 12.0. The van der Waals surface area contributed by atoms with Gasteiger partial charge in [0, 0.05) is 23.3 Å². The highest BCUT2D eigenvalue weighted by Crippen LogP contribution is 2.30. The van der Waals surface area contributed by atoms with Crippen molar-refractivity contribution >= 4 is 23.9 Å². The van der Waals surface area contributed by atoms with Crippen LogP contribution >= 0.6 is 0 Å². The van der Waals surface area contributed by atoms with Gasteiger partial charge in [0.15, 0.2) is 0 Å². The Morgan fingerprint density at radius 2 is 1.23 bits per heavy atom. The molecule has 2 rings (SSSR count). The zero-order valence-electron chi connectivity index (χ0n) is 15.2. The third-order valence-corrected chi connectivity index (χ3v) is 4.84. The van der Waals surface area contributed by atoms with Crippen molar-refractivity contribution in [2.75, 3.05) is 0 Å². The summed E-state index contributed by atoms with van der Waals surface area (Å²) >= 11 is 0. The zero-order chi connectivity index (χ0) is 19.1. The topological polar surface area (TPSA) is 86.7 Å². The summed E-state index contributed by atoms with van der Waals surface area (Å²) in [6, 6.07) is 0. The highest BCUT2D eigenvalue weighted by atomic mass is 16.6. The van der Waals surface area contributed by atoms with E-state index < -0.39 is 23.9 Å². The summed E-state index contributed by atoms with van der Waals surface area (Å²) in [5.41, 5.74) is 1.01. The van der Waals surface area contributed by atoms with Crippen LogP contribution in [0.4, 0.5) is 0 Å². The first-order valence-corrected chi connectivity index (χ1v) is 9.06. The van der Waals surface area contributed by atoms with Crippen molar-refractivity contribution in [2.45, 2.75) is 52.4 Å². The molecular weight excluding hydrogens is 336 g/mol. The van der Waals surface area contributed by atoms with E-state index in [1.807, 2.05) is 13.8 Å². The van der Waals surface area contributed by atoms with Crippen LogP contribution in [0, 0.1) is 11.8 Å². The minimum absolute atomic E-state index is 0.105. The smallest absolute Gasteiger partial charge is 0.341 e. The van der Waals surface area contributed by atoms with Gasteiger partial charge >= 0.3 is 23.9 Å². The lowest BCUT2D eigenvalue weighted by Gasteiger charge is -2.10. The molecule has 0 fully saturated rings. The van der Waals surface area contributed by atoms with E-state index in [9.17, 15) is 19.2 Å². The molecule has 0 bridgehead atoms. The number of carbonyl (C=O) groups is 4. The Balaban J connectivity index is 1.83. The minimum atomic E-state index is -0.964. The number of ether oxygens (including phenoxy) is 2. The number of carbonyl (C=O) groups excluding carboxylic acids is 4. The molecule has 0 heterocycles. The van der Waals surface area contributed by atoms with Gasteiger partial charge in [-0.15, -0.1) is 0 Å². The summed E-state index contributed by atoms with van der Waals surface area (Å²) in [6.07, 6.45) is 10.1. The quantitative estimate of drug-likeness (QED) is 0.411. The number of esters is 4. The van der Waals surface area contributed by atoms with Gasteiger partial charge in [-0.05, 0) is 50.4 Å². The second kappa shape index (κ2) is 9.27. The van der Waals surface area contributed by atoms with Crippen LogP contribution in [-0.4, -0.2) is 23.9 Å². The summed E-state index contributed by atoms with van der Waals surface area (Å²) in [5, 5.41) is 0. The van der Waals surface area contributed by atoms with Crippen LogP contribution in [0.2, 0.25) is 0 Å². The summed E-state index contributed by atoms with van der Waals surface area (Å²) in [6.45, 7) is 3.93. The van der Waals surface area contributed by atoms with Crippen LogP contribution < -0.4 is 0 Å². The fraction of sp³-hybridized carbons (Fsp3) is 0.500. The Bertz CT molecular complexity index is 624. The van der Waals surface area contributed by atoms with Crippen molar-refractivity contribution in [1.29, 1.82) is 0 Å². The molecule has 0 aromatic rings. The van der Waals surface area contributed by atoms with E-state index in [2.05, 4.69) is 0 Å². The second-order valence-electron chi connectivity index (χ2n) is 6.43. The lowest BCUT2D eigenvalue weighted by molar-refractivity contribution is -0.156.